The Balaban J connectivity index is 2.66. The lowest BCUT2D eigenvalue weighted by Crippen LogP contribution is -2.29. The second-order valence-electron chi connectivity index (χ2n) is 4.43. The van der Waals surface area contributed by atoms with E-state index >= 15 is 0 Å². The van der Waals surface area contributed by atoms with Gasteiger partial charge in [-0.3, -0.25) is 0 Å². The molecule has 1 unspecified atom stereocenters. The average Bonchev–Trinajstić information content (AvgIpc) is 2.34. The van der Waals surface area contributed by atoms with Crippen LogP contribution in [0.15, 0.2) is 18.2 Å². The van der Waals surface area contributed by atoms with Gasteiger partial charge in [0.25, 0.3) is 6.43 Å². The number of alkyl halides is 2. The molecular weight excluding hydrogens is 293 g/mol. The maximum Gasteiger partial charge on any atom is 0.251 e. The van der Waals surface area contributed by atoms with E-state index in [1.807, 2.05) is 19.2 Å². The minimum absolute atomic E-state index is 0.00803. The minimum Gasteiger partial charge on any atom is -0.313 e. The molecule has 0 amide bonds. The van der Waals surface area contributed by atoms with E-state index in [0.717, 1.165) is 5.56 Å². The molecule has 1 aromatic rings. The Bertz CT molecular complexity index is 402. The van der Waals surface area contributed by atoms with Gasteiger partial charge in [-0.25, -0.2) is 8.78 Å². The van der Waals surface area contributed by atoms with E-state index in [4.69, 9.17) is 23.2 Å². The van der Waals surface area contributed by atoms with Crippen molar-refractivity contribution in [1.82, 2.24) is 10.2 Å². The zero-order chi connectivity index (χ0) is 14.4. The van der Waals surface area contributed by atoms with Crippen LogP contribution in [-0.2, 0) is 0 Å². The van der Waals surface area contributed by atoms with E-state index in [9.17, 15) is 8.78 Å². The Morgan fingerprint density at radius 1 is 1.32 bits per heavy atom. The van der Waals surface area contributed by atoms with E-state index in [0.29, 0.717) is 23.0 Å². The summed E-state index contributed by atoms with van der Waals surface area (Å²) < 4.78 is 24.5. The maximum atomic E-state index is 12.2. The second kappa shape index (κ2) is 8.00. The molecule has 108 valence electrons. The van der Waals surface area contributed by atoms with Crippen LogP contribution < -0.4 is 5.32 Å². The van der Waals surface area contributed by atoms with E-state index < -0.39 is 6.43 Å². The lowest BCUT2D eigenvalue weighted by atomic mass is 10.0. The van der Waals surface area contributed by atoms with E-state index in [2.05, 4.69) is 5.32 Å². The zero-order valence-corrected chi connectivity index (χ0v) is 12.5. The van der Waals surface area contributed by atoms with Crippen LogP contribution in [-0.4, -0.2) is 38.5 Å². The molecule has 0 bridgehead atoms. The van der Waals surface area contributed by atoms with Gasteiger partial charge in [-0.1, -0.05) is 35.3 Å². The standard InChI is InChI=1S/C13H18Cl2F2N2/c1-18-11(6-7-19(2)8-12(16)17)9-4-3-5-10(14)13(9)15/h3-5,11-12,18H,6-8H2,1-2H3. The van der Waals surface area contributed by atoms with Gasteiger partial charge in [-0.2, -0.15) is 0 Å². The molecule has 0 aliphatic carbocycles. The van der Waals surface area contributed by atoms with Crippen molar-refractivity contribution in [1.29, 1.82) is 0 Å². The van der Waals surface area contributed by atoms with Crippen molar-refractivity contribution in [3.8, 4) is 0 Å². The van der Waals surface area contributed by atoms with Crippen molar-refractivity contribution < 1.29 is 8.78 Å². The summed E-state index contributed by atoms with van der Waals surface area (Å²) in [6.45, 7) is 0.332. The summed E-state index contributed by atoms with van der Waals surface area (Å²) in [5.41, 5.74) is 0.891. The number of hydrogen-bond donors (Lipinski definition) is 1. The van der Waals surface area contributed by atoms with Crippen LogP contribution in [0.5, 0.6) is 0 Å². The topological polar surface area (TPSA) is 15.3 Å². The number of nitrogens with zero attached hydrogens (tertiary/aromatic N) is 1. The molecule has 1 N–H and O–H groups in total. The van der Waals surface area contributed by atoms with E-state index in [-0.39, 0.29) is 12.6 Å². The fraction of sp³-hybridized carbons (Fsp3) is 0.538. The Kier molecular flexibility index (Phi) is 7.00. The normalized spacial score (nSPS) is 13.3. The third-order valence-electron chi connectivity index (χ3n) is 2.95. The highest BCUT2D eigenvalue weighted by atomic mass is 35.5. The van der Waals surface area contributed by atoms with Gasteiger partial charge in [-0.15, -0.1) is 0 Å². The Labute approximate surface area is 122 Å². The fourth-order valence-corrected chi connectivity index (χ4v) is 2.36. The number of nitrogens with one attached hydrogen (secondary N) is 1. The van der Waals surface area contributed by atoms with Crippen molar-refractivity contribution in [2.24, 2.45) is 0 Å². The second-order valence-corrected chi connectivity index (χ2v) is 5.21. The van der Waals surface area contributed by atoms with Crippen molar-refractivity contribution in [2.45, 2.75) is 18.9 Å². The van der Waals surface area contributed by atoms with Gasteiger partial charge in [0.1, 0.15) is 0 Å². The third-order valence-corrected chi connectivity index (χ3v) is 3.79. The Morgan fingerprint density at radius 2 is 2.00 bits per heavy atom. The van der Waals surface area contributed by atoms with Crippen LogP contribution in [0, 0.1) is 0 Å². The average molecular weight is 311 g/mol. The van der Waals surface area contributed by atoms with Gasteiger partial charge < -0.3 is 10.2 Å². The Morgan fingerprint density at radius 3 is 2.58 bits per heavy atom. The summed E-state index contributed by atoms with van der Waals surface area (Å²) in [5, 5.41) is 4.15. The van der Waals surface area contributed by atoms with Gasteiger partial charge in [0.05, 0.1) is 16.6 Å². The molecule has 0 aliphatic rings. The van der Waals surface area contributed by atoms with Crippen LogP contribution in [0.25, 0.3) is 0 Å². The van der Waals surface area contributed by atoms with Crippen molar-refractivity contribution in [3.05, 3.63) is 33.8 Å². The van der Waals surface area contributed by atoms with Gasteiger partial charge in [-0.05, 0) is 38.7 Å². The molecule has 0 aromatic heterocycles. The van der Waals surface area contributed by atoms with E-state index in [1.165, 1.54) is 0 Å². The highest BCUT2D eigenvalue weighted by molar-refractivity contribution is 6.42. The van der Waals surface area contributed by atoms with Crippen molar-refractivity contribution in [3.63, 3.8) is 0 Å². The summed E-state index contributed by atoms with van der Waals surface area (Å²) in [6, 6.07) is 5.44. The lowest BCUT2D eigenvalue weighted by Gasteiger charge is -2.22. The first-order valence-electron chi connectivity index (χ1n) is 6.03. The number of benzene rings is 1. The summed E-state index contributed by atoms with van der Waals surface area (Å²) in [4.78, 5) is 1.60. The van der Waals surface area contributed by atoms with Crippen LogP contribution >= 0.6 is 23.2 Å². The molecule has 0 fully saturated rings. The molecule has 0 aliphatic heterocycles. The highest BCUT2D eigenvalue weighted by Gasteiger charge is 2.16. The fourth-order valence-electron chi connectivity index (χ4n) is 1.92. The van der Waals surface area contributed by atoms with Crippen LogP contribution in [0.3, 0.4) is 0 Å². The zero-order valence-electron chi connectivity index (χ0n) is 11.0. The summed E-state index contributed by atoms with van der Waals surface area (Å²) in [6.07, 6.45) is -1.63. The molecule has 0 heterocycles. The van der Waals surface area contributed by atoms with Gasteiger partial charge in [0.15, 0.2) is 0 Å². The Hall–Kier alpha value is -0.420. The maximum absolute atomic E-state index is 12.2. The predicted molar refractivity (Wildman–Crippen MR) is 76.4 cm³/mol. The smallest absolute Gasteiger partial charge is 0.251 e. The first-order chi connectivity index (χ1) is 8.95. The van der Waals surface area contributed by atoms with Crippen molar-refractivity contribution >= 4 is 23.2 Å². The number of halogens is 4. The summed E-state index contributed by atoms with van der Waals surface area (Å²) in [5.74, 6) is 0. The molecule has 6 heteroatoms. The van der Waals surface area contributed by atoms with Gasteiger partial charge in [0, 0.05) is 6.04 Å². The van der Waals surface area contributed by atoms with Crippen LogP contribution in [0.2, 0.25) is 10.0 Å². The molecule has 1 aromatic carbocycles. The summed E-state index contributed by atoms with van der Waals surface area (Å²) >= 11 is 12.1. The quantitative estimate of drug-likeness (QED) is 0.823. The molecule has 0 spiro atoms. The highest BCUT2D eigenvalue weighted by Crippen LogP contribution is 2.31. The van der Waals surface area contributed by atoms with Crippen LogP contribution in [0.1, 0.15) is 18.0 Å². The first-order valence-corrected chi connectivity index (χ1v) is 6.79. The van der Waals surface area contributed by atoms with Gasteiger partial charge in [0.2, 0.25) is 0 Å². The molecule has 1 rings (SSSR count). The number of hydrogen-bond acceptors (Lipinski definition) is 2. The lowest BCUT2D eigenvalue weighted by molar-refractivity contribution is 0.0986. The third kappa shape index (κ3) is 5.22. The largest absolute Gasteiger partial charge is 0.313 e. The van der Waals surface area contributed by atoms with E-state index in [1.54, 1.807) is 18.0 Å². The minimum atomic E-state index is -2.31. The van der Waals surface area contributed by atoms with Crippen LogP contribution in [0.4, 0.5) is 8.78 Å². The SMILES string of the molecule is CNC(CCN(C)CC(F)F)c1cccc(Cl)c1Cl. The van der Waals surface area contributed by atoms with Gasteiger partial charge >= 0.3 is 0 Å². The molecule has 0 saturated heterocycles. The monoisotopic (exact) mass is 310 g/mol. The summed E-state index contributed by atoms with van der Waals surface area (Å²) in [7, 11) is 3.49. The molecular formula is C13H18Cl2F2N2. The molecule has 0 saturated carbocycles. The molecule has 0 radical (unpaired) electrons. The predicted octanol–water partition coefficient (Wildman–Crippen LogP) is 3.84. The molecule has 1 atom stereocenters. The first kappa shape index (κ1) is 16.6. The number of rotatable bonds is 7. The van der Waals surface area contributed by atoms with Crippen molar-refractivity contribution in [2.75, 3.05) is 27.2 Å². The molecule has 19 heavy (non-hydrogen) atoms. The molecule has 2 nitrogen and oxygen atoms in total.